The third-order valence-corrected chi connectivity index (χ3v) is 10.7. The van der Waals surface area contributed by atoms with E-state index in [1.54, 1.807) is 27.7 Å². The number of allylic oxidation sites excluding steroid dienone is 1. The van der Waals surface area contributed by atoms with Gasteiger partial charge in [-0.25, -0.2) is 0 Å². The minimum atomic E-state index is -3.74. The van der Waals surface area contributed by atoms with Crippen LogP contribution in [0.5, 0.6) is 0 Å². The van der Waals surface area contributed by atoms with E-state index in [0.29, 0.717) is 0 Å². The third-order valence-electron chi connectivity index (χ3n) is 4.64. The van der Waals surface area contributed by atoms with Gasteiger partial charge in [0, 0.05) is 0 Å². The van der Waals surface area contributed by atoms with Crippen molar-refractivity contribution in [3.8, 4) is 11.1 Å². The zero-order chi connectivity index (χ0) is 23.5. The molecule has 2 aromatic rings. The highest BCUT2D eigenvalue weighted by Gasteiger charge is 2.49. The Bertz CT molecular complexity index is 877. The molecule has 0 spiro atoms. The minimum absolute atomic E-state index is 0.162. The second-order valence-electron chi connectivity index (χ2n) is 6.86. The quantitative estimate of drug-likeness (QED) is 0.259. The van der Waals surface area contributed by atoms with E-state index < -0.39 is 20.6 Å². The van der Waals surface area contributed by atoms with Crippen molar-refractivity contribution < 1.29 is 27.2 Å². The zero-order valence-electron chi connectivity index (χ0n) is 19.3. The average molecular weight is 480 g/mol. The Hall–Kier alpha value is -1.52. The Morgan fingerprint density at radius 1 is 0.688 bits per heavy atom. The second-order valence-corrected chi connectivity index (χ2v) is 11.7. The number of rotatable bonds is 14. The van der Waals surface area contributed by atoms with E-state index in [4.69, 9.17) is 18.1 Å². The van der Waals surface area contributed by atoms with E-state index >= 15 is 0 Å². The molecule has 0 fully saturated rings. The lowest BCUT2D eigenvalue weighted by Gasteiger charge is -2.30. The fourth-order valence-corrected chi connectivity index (χ4v) is 8.54. The van der Waals surface area contributed by atoms with Gasteiger partial charge in [-0.3, -0.25) is 9.13 Å². The summed E-state index contributed by atoms with van der Waals surface area (Å²) in [6.07, 6.45) is 3.87. The molecule has 0 atom stereocenters. The predicted octanol–water partition coefficient (Wildman–Crippen LogP) is 7.62. The van der Waals surface area contributed by atoms with Crippen LogP contribution in [0.1, 0.15) is 39.7 Å². The molecule has 2 rings (SSSR count). The summed E-state index contributed by atoms with van der Waals surface area (Å²) < 4.78 is 49.1. The van der Waals surface area contributed by atoms with Gasteiger partial charge in [0.05, 0.1) is 26.4 Å². The highest BCUT2D eigenvalue weighted by atomic mass is 31.2. The fourth-order valence-electron chi connectivity index (χ4n) is 3.31. The first kappa shape index (κ1) is 26.7. The number of hydrogen-bond donors (Lipinski definition) is 0. The molecule has 2 aromatic carbocycles. The van der Waals surface area contributed by atoms with Crippen LogP contribution in [-0.4, -0.2) is 31.8 Å². The normalized spacial score (nSPS) is 12.7. The lowest BCUT2D eigenvalue weighted by Crippen LogP contribution is -2.17. The molecular formula is C24H34O6P2. The van der Waals surface area contributed by atoms with E-state index in [0.717, 1.165) is 16.7 Å². The smallest absolute Gasteiger partial charge is 0.308 e. The van der Waals surface area contributed by atoms with Gasteiger partial charge in [-0.2, -0.15) is 0 Å². The van der Waals surface area contributed by atoms with Gasteiger partial charge in [-0.05, 0) is 50.8 Å². The molecule has 0 aliphatic rings. The molecule has 176 valence electrons. The summed E-state index contributed by atoms with van der Waals surface area (Å²) in [7, 11) is -7.49. The van der Waals surface area contributed by atoms with Crippen LogP contribution in [-0.2, 0) is 27.2 Å². The SMILES string of the molecule is CCOP(=O)(OCC)C(C/C=C/c1ccc(-c2ccccc2)cc1)P(=O)(OCC)OCC. The maximum Gasteiger partial charge on any atom is 0.346 e. The minimum Gasteiger partial charge on any atom is -0.308 e. The Kier molecular flexibility index (Phi) is 11.1. The number of hydrogen-bond acceptors (Lipinski definition) is 6. The number of benzene rings is 2. The van der Waals surface area contributed by atoms with Gasteiger partial charge in [0.1, 0.15) is 0 Å². The lowest BCUT2D eigenvalue weighted by atomic mass is 10.0. The highest BCUT2D eigenvalue weighted by Crippen LogP contribution is 2.71. The summed E-state index contributed by atoms with van der Waals surface area (Å²) in [6.45, 7) is 7.54. The summed E-state index contributed by atoms with van der Waals surface area (Å²) in [5.41, 5.74) is 3.23. The predicted molar refractivity (Wildman–Crippen MR) is 131 cm³/mol. The van der Waals surface area contributed by atoms with E-state index in [9.17, 15) is 9.13 Å². The van der Waals surface area contributed by atoms with Gasteiger partial charge in [0.15, 0.2) is 5.40 Å². The largest absolute Gasteiger partial charge is 0.346 e. The topological polar surface area (TPSA) is 71.1 Å². The van der Waals surface area contributed by atoms with Gasteiger partial charge in [-0.1, -0.05) is 66.7 Å². The van der Waals surface area contributed by atoms with Crippen LogP contribution in [0.25, 0.3) is 17.2 Å². The van der Waals surface area contributed by atoms with Gasteiger partial charge in [0.2, 0.25) is 0 Å². The first-order valence-corrected chi connectivity index (χ1v) is 14.2. The van der Waals surface area contributed by atoms with Crippen molar-refractivity contribution in [2.75, 3.05) is 26.4 Å². The average Bonchev–Trinajstić information content (AvgIpc) is 2.78. The van der Waals surface area contributed by atoms with Gasteiger partial charge in [-0.15, -0.1) is 0 Å². The van der Waals surface area contributed by atoms with Crippen molar-refractivity contribution in [2.45, 2.75) is 39.5 Å². The molecule has 0 unspecified atom stereocenters. The zero-order valence-corrected chi connectivity index (χ0v) is 21.1. The van der Waals surface area contributed by atoms with Crippen LogP contribution < -0.4 is 0 Å². The molecule has 0 aromatic heterocycles. The molecule has 0 aliphatic heterocycles. The summed E-state index contributed by atoms with van der Waals surface area (Å²) >= 11 is 0. The molecular weight excluding hydrogens is 446 g/mol. The molecule has 32 heavy (non-hydrogen) atoms. The summed E-state index contributed by atoms with van der Waals surface area (Å²) in [4.78, 5) is 0. The Balaban J connectivity index is 2.27. The first-order valence-electron chi connectivity index (χ1n) is 11.0. The molecule has 6 nitrogen and oxygen atoms in total. The van der Waals surface area contributed by atoms with Gasteiger partial charge < -0.3 is 18.1 Å². The van der Waals surface area contributed by atoms with E-state index in [2.05, 4.69) is 12.1 Å². The van der Waals surface area contributed by atoms with Crippen LogP contribution in [0.3, 0.4) is 0 Å². The standard InChI is InChI=1S/C24H34O6P2/c1-5-27-31(25,28-6-2)24(32(26,29-7-3)30-8-4)16-12-13-21-17-19-23(20-18-21)22-14-10-9-11-15-22/h9-15,17-20,24H,5-8,16H2,1-4H3/b13-12+. The van der Waals surface area contributed by atoms with Gasteiger partial charge >= 0.3 is 15.2 Å². The molecule has 0 amide bonds. The van der Waals surface area contributed by atoms with E-state index in [-0.39, 0.29) is 32.8 Å². The van der Waals surface area contributed by atoms with Gasteiger partial charge in [0.25, 0.3) is 0 Å². The maximum absolute atomic E-state index is 13.5. The van der Waals surface area contributed by atoms with Crippen LogP contribution in [0.15, 0.2) is 60.7 Å². The van der Waals surface area contributed by atoms with Crippen LogP contribution in [0.2, 0.25) is 0 Å². The summed E-state index contributed by atoms with van der Waals surface area (Å²) in [5.74, 6) is 0. The van der Waals surface area contributed by atoms with Crippen molar-refractivity contribution in [1.29, 1.82) is 0 Å². The van der Waals surface area contributed by atoms with Crippen LogP contribution in [0.4, 0.5) is 0 Å². The highest BCUT2D eigenvalue weighted by molar-refractivity contribution is 7.72. The molecule has 0 N–H and O–H groups in total. The molecule has 8 heteroatoms. The lowest BCUT2D eigenvalue weighted by molar-refractivity contribution is 0.195. The summed E-state index contributed by atoms with van der Waals surface area (Å²) in [6, 6.07) is 18.2. The fraction of sp³-hybridized carbons (Fsp3) is 0.417. The van der Waals surface area contributed by atoms with Crippen molar-refractivity contribution in [3.05, 3.63) is 66.2 Å². The Labute approximate surface area is 192 Å². The molecule has 0 heterocycles. The van der Waals surface area contributed by atoms with Crippen molar-refractivity contribution >= 4 is 21.3 Å². The molecule has 0 radical (unpaired) electrons. The van der Waals surface area contributed by atoms with E-state index in [1.807, 2.05) is 54.6 Å². The van der Waals surface area contributed by atoms with Crippen molar-refractivity contribution in [3.63, 3.8) is 0 Å². The Morgan fingerprint density at radius 2 is 1.12 bits per heavy atom. The second kappa shape index (κ2) is 13.3. The van der Waals surface area contributed by atoms with Crippen molar-refractivity contribution in [2.24, 2.45) is 0 Å². The van der Waals surface area contributed by atoms with Crippen LogP contribution >= 0.6 is 15.2 Å². The van der Waals surface area contributed by atoms with Crippen molar-refractivity contribution in [1.82, 2.24) is 0 Å². The Morgan fingerprint density at radius 3 is 1.56 bits per heavy atom. The van der Waals surface area contributed by atoms with E-state index in [1.165, 1.54) is 0 Å². The molecule has 0 saturated heterocycles. The molecule has 0 saturated carbocycles. The third kappa shape index (κ3) is 7.25. The van der Waals surface area contributed by atoms with Crippen LogP contribution in [0, 0.1) is 0 Å². The monoisotopic (exact) mass is 480 g/mol. The molecule has 0 bridgehead atoms. The maximum atomic E-state index is 13.5. The first-order chi connectivity index (χ1) is 15.4. The summed E-state index contributed by atoms with van der Waals surface area (Å²) in [5, 5.41) is -1.05. The molecule has 0 aliphatic carbocycles.